The van der Waals surface area contributed by atoms with Crippen molar-refractivity contribution in [1.29, 1.82) is 0 Å². The van der Waals surface area contributed by atoms with E-state index in [0.717, 1.165) is 43.0 Å². The van der Waals surface area contributed by atoms with Crippen LogP contribution in [0.1, 0.15) is 48.9 Å². The van der Waals surface area contributed by atoms with Gasteiger partial charge in [0.1, 0.15) is 0 Å². The van der Waals surface area contributed by atoms with Gasteiger partial charge in [0.15, 0.2) is 5.82 Å². The first kappa shape index (κ1) is 12.3. The first-order valence-electron chi connectivity index (χ1n) is 6.78. The Morgan fingerprint density at radius 1 is 1.26 bits per heavy atom. The zero-order chi connectivity index (χ0) is 13.1. The molecular weight excluding hydrogens is 240 g/mol. The van der Waals surface area contributed by atoms with E-state index >= 15 is 0 Å². The van der Waals surface area contributed by atoms with Crippen molar-refractivity contribution < 1.29 is 4.52 Å². The molecule has 0 saturated heterocycles. The predicted octanol–water partition coefficient (Wildman–Crippen LogP) is 2.04. The van der Waals surface area contributed by atoms with Crippen LogP contribution in [0.25, 0.3) is 0 Å². The summed E-state index contributed by atoms with van der Waals surface area (Å²) >= 11 is 0. The van der Waals surface area contributed by atoms with E-state index in [1.165, 1.54) is 0 Å². The number of nitrogens with zero attached hydrogens (tertiary/aromatic N) is 3. The lowest BCUT2D eigenvalue weighted by Crippen LogP contribution is -2.26. The molecule has 2 N–H and O–H groups in total. The SMILES string of the molecule is NC1CCCC(c2nc(Cc3ccncc3)no2)C1. The van der Waals surface area contributed by atoms with E-state index in [9.17, 15) is 0 Å². The average molecular weight is 258 g/mol. The Labute approximate surface area is 112 Å². The van der Waals surface area contributed by atoms with Gasteiger partial charge < -0.3 is 10.3 Å². The van der Waals surface area contributed by atoms with E-state index in [4.69, 9.17) is 10.3 Å². The molecule has 5 nitrogen and oxygen atoms in total. The molecule has 2 aromatic heterocycles. The lowest BCUT2D eigenvalue weighted by Gasteiger charge is -2.23. The minimum atomic E-state index is 0.272. The largest absolute Gasteiger partial charge is 0.339 e. The third kappa shape index (κ3) is 2.98. The molecule has 2 heterocycles. The molecule has 0 spiro atoms. The molecule has 2 unspecified atom stereocenters. The summed E-state index contributed by atoms with van der Waals surface area (Å²) in [6.45, 7) is 0. The lowest BCUT2D eigenvalue weighted by atomic mass is 9.86. The highest BCUT2D eigenvalue weighted by atomic mass is 16.5. The van der Waals surface area contributed by atoms with Crippen molar-refractivity contribution in [3.63, 3.8) is 0 Å². The molecule has 5 heteroatoms. The Bertz CT molecular complexity index is 525. The predicted molar refractivity (Wildman–Crippen MR) is 70.5 cm³/mol. The van der Waals surface area contributed by atoms with E-state index in [1.807, 2.05) is 12.1 Å². The molecule has 19 heavy (non-hydrogen) atoms. The van der Waals surface area contributed by atoms with Gasteiger partial charge in [-0.15, -0.1) is 0 Å². The van der Waals surface area contributed by atoms with Gasteiger partial charge in [0.05, 0.1) is 0 Å². The fraction of sp³-hybridized carbons (Fsp3) is 0.500. The van der Waals surface area contributed by atoms with Crippen molar-refractivity contribution in [2.24, 2.45) is 5.73 Å². The third-order valence-corrected chi connectivity index (χ3v) is 3.66. The van der Waals surface area contributed by atoms with E-state index < -0.39 is 0 Å². The minimum Gasteiger partial charge on any atom is -0.339 e. The van der Waals surface area contributed by atoms with Crippen LogP contribution >= 0.6 is 0 Å². The van der Waals surface area contributed by atoms with Crippen LogP contribution in [0.4, 0.5) is 0 Å². The van der Waals surface area contributed by atoms with Crippen LogP contribution in [0.2, 0.25) is 0 Å². The van der Waals surface area contributed by atoms with Gasteiger partial charge in [-0.25, -0.2) is 0 Å². The molecule has 0 amide bonds. The Morgan fingerprint density at radius 3 is 2.89 bits per heavy atom. The topological polar surface area (TPSA) is 77.8 Å². The molecule has 0 aromatic carbocycles. The fourth-order valence-corrected chi connectivity index (χ4v) is 2.64. The maximum atomic E-state index is 6.00. The van der Waals surface area contributed by atoms with Gasteiger partial charge in [0, 0.05) is 30.8 Å². The first-order valence-corrected chi connectivity index (χ1v) is 6.78. The van der Waals surface area contributed by atoms with E-state index in [1.54, 1.807) is 12.4 Å². The van der Waals surface area contributed by atoms with Gasteiger partial charge >= 0.3 is 0 Å². The molecule has 1 saturated carbocycles. The number of pyridine rings is 1. The molecule has 1 aliphatic carbocycles. The van der Waals surface area contributed by atoms with Crippen LogP contribution in [0.5, 0.6) is 0 Å². The highest BCUT2D eigenvalue weighted by molar-refractivity contribution is 5.15. The number of nitrogens with two attached hydrogens (primary N) is 1. The third-order valence-electron chi connectivity index (χ3n) is 3.66. The molecule has 1 fully saturated rings. The number of rotatable bonds is 3. The summed E-state index contributed by atoms with van der Waals surface area (Å²) in [5.74, 6) is 1.82. The van der Waals surface area contributed by atoms with Crippen LogP contribution in [-0.2, 0) is 6.42 Å². The molecule has 2 aromatic rings. The van der Waals surface area contributed by atoms with Crippen LogP contribution < -0.4 is 5.73 Å². The number of aromatic nitrogens is 3. The Morgan fingerprint density at radius 2 is 2.11 bits per heavy atom. The zero-order valence-electron chi connectivity index (χ0n) is 10.8. The molecule has 2 atom stereocenters. The summed E-state index contributed by atoms with van der Waals surface area (Å²) in [5.41, 5.74) is 7.14. The van der Waals surface area contributed by atoms with Crippen LogP contribution in [-0.4, -0.2) is 21.2 Å². The Kier molecular flexibility index (Phi) is 3.55. The van der Waals surface area contributed by atoms with Crippen molar-refractivity contribution >= 4 is 0 Å². The van der Waals surface area contributed by atoms with Crippen molar-refractivity contribution in [2.45, 2.75) is 44.1 Å². The number of hydrogen-bond donors (Lipinski definition) is 1. The summed E-state index contributed by atoms with van der Waals surface area (Å²) in [5, 5.41) is 4.06. The van der Waals surface area contributed by atoms with Gasteiger partial charge in [-0.1, -0.05) is 11.6 Å². The molecule has 0 aliphatic heterocycles. The highest BCUT2D eigenvalue weighted by Gasteiger charge is 2.25. The second-order valence-corrected chi connectivity index (χ2v) is 5.20. The van der Waals surface area contributed by atoms with E-state index in [0.29, 0.717) is 12.3 Å². The van der Waals surface area contributed by atoms with Crippen molar-refractivity contribution in [3.05, 3.63) is 41.8 Å². The van der Waals surface area contributed by atoms with Crippen molar-refractivity contribution in [3.8, 4) is 0 Å². The maximum Gasteiger partial charge on any atom is 0.229 e. The zero-order valence-corrected chi connectivity index (χ0v) is 10.8. The summed E-state index contributed by atoms with van der Waals surface area (Å²) in [6.07, 6.45) is 8.54. The molecule has 3 rings (SSSR count). The van der Waals surface area contributed by atoms with Gasteiger partial charge in [0.2, 0.25) is 5.89 Å². The molecule has 100 valence electrons. The van der Waals surface area contributed by atoms with Crippen molar-refractivity contribution in [1.82, 2.24) is 15.1 Å². The molecular formula is C14H18N4O. The number of hydrogen-bond acceptors (Lipinski definition) is 5. The summed E-state index contributed by atoms with van der Waals surface area (Å²) in [6, 6.07) is 4.20. The minimum absolute atomic E-state index is 0.272. The highest BCUT2D eigenvalue weighted by Crippen LogP contribution is 2.31. The summed E-state index contributed by atoms with van der Waals surface area (Å²) < 4.78 is 5.39. The van der Waals surface area contributed by atoms with Gasteiger partial charge in [-0.3, -0.25) is 4.98 Å². The van der Waals surface area contributed by atoms with Crippen LogP contribution in [0.3, 0.4) is 0 Å². The summed E-state index contributed by atoms with van der Waals surface area (Å²) in [7, 11) is 0. The van der Waals surface area contributed by atoms with E-state index in [-0.39, 0.29) is 6.04 Å². The van der Waals surface area contributed by atoms with Crippen LogP contribution in [0.15, 0.2) is 29.0 Å². The second kappa shape index (κ2) is 5.48. The summed E-state index contributed by atoms with van der Waals surface area (Å²) in [4.78, 5) is 8.51. The van der Waals surface area contributed by atoms with E-state index in [2.05, 4.69) is 15.1 Å². The second-order valence-electron chi connectivity index (χ2n) is 5.20. The Hall–Kier alpha value is -1.75. The smallest absolute Gasteiger partial charge is 0.229 e. The quantitative estimate of drug-likeness (QED) is 0.911. The Balaban J connectivity index is 1.69. The van der Waals surface area contributed by atoms with Gasteiger partial charge in [-0.05, 0) is 37.0 Å². The molecule has 0 bridgehead atoms. The van der Waals surface area contributed by atoms with Gasteiger partial charge in [-0.2, -0.15) is 4.98 Å². The van der Waals surface area contributed by atoms with Crippen molar-refractivity contribution in [2.75, 3.05) is 0 Å². The monoisotopic (exact) mass is 258 g/mol. The lowest BCUT2D eigenvalue weighted by molar-refractivity contribution is 0.297. The average Bonchev–Trinajstić information content (AvgIpc) is 2.88. The fourth-order valence-electron chi connectivity index (χ4n) is 2.64. The standard InChI is InChI=1S/C14H18N4O/c15-12-3-1-2-11(9-12)14-17-13(18-19-14)8-10-4-6-16-7-5-10/h4-7,11-12H,1-3,8-9,15H2. The van der Waals surface area contributed by atoms with Crippen LogP contribution in [0, 0.1) is 0 Å². The normalized spacial score (nSPS) is 23.4. The molecule has 1 aliphatic rings. The first-order chi connectivity index (χ1) is 9.31. The maximum absolute atomic E-state index is 6.00. The molecule has 0 radical (unpaired) electrons. The van der Waals surface area contributed by atoms with Gasteiger partial charge in [0.25, 0.3) is 0 Å².